The Labute approximate surface area is 211 Å². The Morgan fingerprint density at radius 2 is 1.88 bits per heavy atom. The van der Waals surface area contributed by atoms with Crippen LogP contribution < -0.4 is 5.32 Å². The number of aromatic nitrogens is 3. The molecule has 1 aliphatic rings. The van der Waals surface area contributed by atoms with Gasteiger partial charge in [0.25, 0.3) is 5.89 Å². The normalized spacial score (nSPS) is 14.9. The number of halogens is 1. The van der Waals surface area contributed by atoms with E-state index in [1.165, 1.54) is 5.56 Å². The molecule has 0 unspecified atom stereocenters. The highest BCUT2D eigenvalue weighted by Gasteiger charge is 2.19. The summed E-state index contributed by atoms with van der Waals surface area (Å²) in [7, 11) is 1.82. The molecule has 1 aliphatic heterocycles. The lowest BCUT2D eigenvalue weighted by Gasteiger charge is -2.36. The Kier molecular flexibility index (Phi) is 9.82. The van der Waals surface area contributed by atoms with Crippen LogP contribution >= 0.6 is 24.0 Å². The Morgan fingerprint density at radius 3 is 2.61 bits per heavy atom. The molecule has 9 heteroatoms. The minimum Gasteiger partial charge on any atom is -0.356 e. The third kappa shape index (κ3) is 7.36. The highest BCUT2D eigenvalue weighted by atomic mass is 127. The van der Waals surface area contributed by atoms with Crippen LogP contribution in [0.4, 0.5) is 0 Å². The van der Waals surface area contributed by atoms with Crippen molar-refractivity contribution in [1.29, 1.82) is 0 Å². The molecule has 1 aromatic carbocycles. The second-order valence-corrected chi connectivity index (χ2v) is 7.56. The predicted octanol–water partition coefficient (Wildman–Crippen LogP) is 3.20. The first-order valence-electron chi connectivity index (χ1n) is 11.0. The summed E-state index contributed by atoms with van der Waals surface area (Å²) in [5.74, 6) is 2.02. The molecule has 0 atom stereocenters. The molecule has 0 aliphatic carbocycles. The van der Waals surface area contributed by atoms with E-state index in [1.807, 2.05) is 31.3 Å². The Balaban J connectivity index is 0.00000306. The van der Waals surface area contributed by atoms with Crippen molar-refractivity contribution in [2.75, 3.05) is 46.3 Å². The fourth-order valence-corrected chi connectivity index (χ4v) is 3.61. The summed E-state index contributed by atoms with van der Waals surface area (Å²) in [5, 5.41) is 7.48. The maximum atomic E-state index is 5.32. The number of hydrogen-bond donors (Lipinski definition) is 1. The van der Waals surface area contributed by atoms with Gasteiger partial charge in [0.05, 0.1) is 0 Å². The van der Waals surface area contributed by atoms with Gasteiger partial charge in [0.15, 0.2) is 11.8 Å². The van der Waals surface area contributed by atoms with Crippen LogP contribution in [0.15, 0.2) is 70.3 Å². The Morgan fingerprint density at radius 1 is 1.09 bits per heavy atom. The van der Waals surface area contributed by atoms with Crippen LogP contribution in [0.25, 0.3) is 17.7 Å². The van der Waals surface area contributed by atoms with Gasteiger partial charge in [0.1, 0.15) is 5.69 Å². The van der Waals surface area contributed by atoms with Gasteiger partial charge in [-0.2, -0.15) is 4.98 Å². The van der Waals surface area contributed by atoms with Crippen LogP contribution in [0, 0.1) is 0 Å². The number of guanidine groups is 1. The van der Waals surface area contributed by atoms with Crippen LogP contribution in [0.1, 0.15) is 11.4 Å². The van der Waals surface area contributed by atoms with E-state index in [0.29, 0.717) is 30.4 Å². The molecule has 0 bridgehead atoms. The van der Waals surface area contributed by atoms with Crippen LogP contribution in [0.5, 0.6) is 0 Å². The summed E-state index contributed by atoms with van der Waals surface area (Å²) in [6, 6.07) is 16.0. The third-order valence-corrected chi connectivity index (χ3v) is 5.34. The molecule has 4 rings (SSSR count). The summed E-state index contributed by atoms with van der Waals surface area (Å²) < 4.78 is 5.32. The van der Waals surface area contributed by atoms with Crippen molar-refractivity contribution in [2.45, 2.75) is 6.42 Å². The van der Waals surface area contributed by atoms with Crippen LogP contribution in [0.3, 0.4) is 0 Å². The first-order chi connectivity index (χ1) is 15.8. The second-order valence-electron chi connectivity index (χ2n) is 7.56. The first kappa shape index (κ1) is 24.8. The van der Waals surface area contributed by atoms with Crippen molar-refractivity contribution in [3.63, 3.8) is 0 Å². The van der Waals surface area contributed by atoms with Crippen molar-refractivity contribution in [2.24, 2.45) is 4.99 Å². The average Bonchev–Trinajstić information content (AvgIpc) is 3.33. The summed E-state index contributed by atoms with van der Waals surface area (Å²) in [4.78, 5) is 17.9. The number of benzene rings is 1. The summed E-state index contributed by atoms with van der Waals surface area (Å²) in [6.07, 6.45) is 6.79. The number of aliphatic imine (C=N–C) groups is 1. The summed E-state index contributed by atoms with van der Waals surface area (Å²) in [5.41, 5.74) is 1.93. The maximum absolute atomic E-state index is 5.32. The molecule has 1 fully saturated rings. The quantitative estimate of drug-likeness (QED) is 0.271. The van der Waals surface area contributed by atoms with Gasteiger partial charge in [-0.15, -0.1) is 24.0 Å². The zero-order chi connectivity index (χ0) is 22.0. The van der Waals surface area contributed by atoms with Gasteiger partial charge in [-0.3, -0.25) is 14.9 Å². The molecule has 33 heavy (non-hydrogen) atoms. The zero-order valence-electron chi connectivity index (χ0n) is 18.8. The molecule has 1 N–H and O–H groups in total. The molecule has 1 saturated heterocycles. The number of hydrogen-bond acceptors (Lipinski definition) is 6. The number of nitrogens with zero attached hydrogens (tertiary/aromatic N) is 6. The molecule has 3 heterocycles. The predicted molar refractivity (Wildman–Crippen MR) is 141 cm³/mol. The molecule has 8 nitrogen and oxygen atoms in total. The molecular formula is C24H30IN7O. The van der Waals surface area contributed by atoms with Crippen molar-refractivity contribution >= 4 is 36.0 Å². The highest BCUT2D eigenvalue weighted by molar-refractivity contribution is 14.0. The molecule has 0 saturated carbocycles. The average molecular weight is 559 g/mol. The van der Waals surface area contributed by atoms with Gasteiger partial charge >= 0.3 is 0 Å². The van der Waals surface area contributed by atoms with E-state index in [0.717, 1.165) is 38.7 Å². The van der Waals surface area contributed by atoms with E-state index in [9.17, 15) is 0 Å². The molecule has 2 aromatic heterocycles. The van der Waals surface area contributed by atoms with E-state index in [-0.39, 0.29) is 24.0 Å². The summed E-state index contributed by atoms with van der Waals surface area (Å²) in [6.45, 7) is 5.57. The SMILES string of the molecule is CN=C(NCCc1noc(-c2ccccn2)n1)N1CCN(C/C=C/c2ccccc2)CC1.I. The highest BCUT2D eigenvalue weighted by Crippen LogP contribution is 2.13. The fraction of sp³-hybridized carbons (Fsp3) is 0.333. The Hall–Kier alpha value is -2.79. The topological polar surface area (TPSA) is 82.7 Å². The van der Waals surface area contributed by atoms with E-state index < -0.39 is 0 Å². The number of nitrogens with one attached hydrogen (secondary N) is 1. The third-order valence-electron chi connectivity index (χ3n) is 5.34. The second kappa shape index (κ2) is 13.0. The maximum Gasteiger partial charge on any atom is 0.276 e. The molecule has 0 spiro atoms. The molecular weight excluding hydrogens is 529 g/mol. The van der Waals surface area contributed by atoms with Gasteiger partial charge < -0.3 is 14.7 Å². The monoisotopic (exact) mass is 559 g/mol. The standard InChI is InChI=1S/C24H29N7O.HI/c1-25-24(27-14-12-22-28-23(32-29-22)21-11-5-6-13-26-21)31-18-16-30(17-19-31)15-7-10-20-8-3-2-4-9-20;/h2-11,13H,12,14-19H2,1H3,(H,25,27);1H/b10-7+;. The largest absolute Gasteiger partial charge is 0.356 e. The minimum absolute atomic E-state index is 0. The van der Waals surface area contributed by atoms with E-state index in [1.54, 1.807) is 6.20 Å². The number of pyridine rings is 1. The van der Waals surface area contributed by atoms with Crippen molar-refractivity contribution < 1.29 is 4.52 Å². The van der Waals surface area contributed by atoms with Crippen LogP contribution in [-0.2, 0) is 6.42 Å². The molecule has 3 aromatic rings. The van der Waals surface area contributed by atoms with Crippen molar-refractivity contribution in [3.05, 3.63) is 72.2 Å². The lowest BCUT2D eigenvalue weighted by Crippen LogP contribution is -2.52. The van der Waals surface area contributed by atoms with Gasteiger partial charge in [0, 0.05) is 58.9 Å². The summed E-state index contributed by atoms with van der Waals surface area (Å²) >= 11 is 0. The molecule has 174 valence electrons. The van der Waals surface area contributed by atoms with Gasteiger partial charge in [0.2, 0.25) is 0 Å². The molecule has 0 radical (unpaired) electrons. The van der Waals surface area contributed by atoms with E-state index in [2.05, 4.69) is 71.7 Å². The fourth-order valence-electron chi connectivity index (χ4n) is 3.61. The van der Waals surface area contributed by atoms with Crippen LogP contribution in [-0.4, -0.2) is 77.2 Å². The smallest absolute Gasteiger partial charge is 0.276 e. The molecule has 0 amide bonds. The zero-order valence-corrected chi connectivity index (χ0v) is 21.1. The lowest BCUT2D eigenvalue weighted by molar-refractivity contribution is 0.194. The van der Waals surface area contributed by atoms with Crippen molar-refractivity contribution in [1.82, 2.24) is 30.2 Å². The first-order valence-corrected chi connectivity index (χ1v) is 11.0. The lowest BCUT2D eigenvalue weighted by atomic mass is 10.2. The van der Waals surface area contributed by atoms with E-state index >= 15 is 0 Å². The van der Waals surface area contributed by atoms with Crippen molar-refractivity contribution in [3.8, 4) is 11.6 Å². The van der Waals surface area contributed by atoms with Gasteiger partial charge in [-0.05, 0) is 17.7 Å². The Bertz CT molecular complexity index is 1020. The van der Waals surface area contributed by atoms with Gasteiger partial charge in [-0.25, -0.2) is 0 Å². The van der Waals surface area contributed by atoms with Crippen LogP contribution in [0.2, 0.25) is 0 Å². The minimum atomic E-state index is 0. The number of rotatable bonds is 7. The number of piperazine rings is 1. The van der Waals surface area contributed by atoms with E-state index in [4.69, 9.17) is 4.52 Å². The van der Waals surface area contributed by atoms with Gasteiger partial charge in [-0.1, -0.05) is 53.7 Å².